The minimum absolute atomic E-state index is 0.115. The fourth-order valence-corrected chi connectivity index (χ4v) is 1.14. The summed E-state index contributed by atoms with van der Waals surface area (Å²) in [5.74, 6) is 4.16. The molecule has 76 valence electrons. The van der Waals surface area contributed by atoms with Crippen LogP contribution in [0.1, 0.15) is 5.56 Å². The molecule has 1 atom stereocenters. The number of carboxylic acids is 1. The largest absolute Gasteiger partial charge is 0.508 e. The van der Waals surface area contributed by atoms with Crippen LogP contribution < -0.4 is 11.3 Å². The van der Waals surface area contributed by atoms with Gasteiger partial charge in [-0.15, -0.1) is 0 Å². The fourth-order valence-electron chi connectivity index (χ4n) is 1.14. The van der Waals surface area contributed by atoms with E-state index in [4.69, 9.17) is 16.1 Å². The summed E-state index contributed by atoms with van der Waals surface area (Å²) < 4.78 is 0. The number of aromatic hydroxyl groups is 1. The summed E-state index contributed by atoms with van der Waals surface area (Å²) in [4.78, 5) is 10.6. The number of hydrogen-bond donors (Lipinski definition) is 4. The number of phenolic OH excluding ortho intramolecular Hbond substituents is 1. The quantitative estimate of drug-likeness (QED) is 0.397. The Hall–Kier alpha value is -1.59. The van der Waals surface area contributed by atoms with Gasteiger partial charge in [0.25, 0.3) is 0 Å². The number of carboxylic acid groups (broad SMARTS) is 1. The Morgan fingerprint density at radius 3 is 2.79 bits per heavy atom. The highest BCUT2D eigenvalue weighted by atomic mass is 16.4. The van der Waals surface area contributed by atoms with Crippen molar-refractivity contribution in [1.29, 1.82) is 0 Å². The first kappa shape index (κ1) is 10.5. The molecule has 0 aliphatic carbocycles. The molecule has 0 aliphatic rings. The zero-order valence-electron chi connectivity index (χ0n) is 7.47. The van der Waals surface area contributed by atoms with E-state index < -0.39 is 12.0 Å². The second-order valence-corrected chi connectivity index (χ2v) is 2.93. The predicted octanol–water partition coefficient (Wildman–Crippen LogP) is -0.149. The van der Waals surface area contributed by atoms with Gasteiger partial charge in [-0.25, -0.2) is 5.43 Å². The minimum atomic E-state index is -1.02. The van der Waals surface area contributed by atoms with Crippen LogP contribution >= 0.6 is 0 Å². The molecule has 5 N–H and O–H groups in total. The number of carbonyl (C=O) groups is 1. The molecule has 5 heteroatoms. The van der Waals surface area contributed by atoms with Crippen molar-refractivity contribution in [3.05, 3.63) is 29.8 Å². The van der Waals surface area contributed by atoms with Crippen molar-refractivity contribution in [3.63, 3.8) is 0 Å². The zero-order valence-corrected chi connectivity index (χ0v) is 7.47. The number of rotatable bonds is 4. The zero-order chi connectivity index (χ0) is 10.6. The summed E-state index contributed by atoms with van der Waals surface area (Å²) in [5, 5.41) is 17.8. The molecule has 0 fully saturated rings. The topological polar surface area (TPSA) is 95.6 Å². The van der Waals surface area contributed by atoms with Crippen LogP contribution in [0.15, 0.2) is 24.3 Å². The monoisotopic (exact) mass is 196 g/mol. The molecule has 0 radical (unpaired) electrons. The third-order valence-corrected chi connectivity index (χ3v) is 1.85. The Bertz CT molecular complexity index is 328. The summed E-state index contributed by atoms with van der Waals surface area (Å²) >= 11 is 0. The van der Waals surface area contributed by atoms with Crippen molar-refractivity contribution >= 4 is 5.97 Å². The van der Waals surface area contributed by atoms with E-state index in [1.165, 1.54) is 12.1 Å². The molecule has 0 aliphatic heterocycles. The maximum absolute atomic E-state index is 10.6. The maximum Gasteiger partial charge on any atom is 0.322 e. The molecule has 1 aromatic rings. The number of benzene rings is 1. The van der Waals surface area contributed by atoms with Gasteiger partial charge < -0.3 is 10.2 Å². The number of hydrazine groups is 1. The van der Waals surface area contributed by atoms with Gasteiger partial charge in [0.1, 0.15) is 11.8 Å². The van der Waals surface area contributed by atoms with E-state index in [0.29, 0.717) is 0 Å². The van der Waals surface area contributed by atoms with Crippen LogP contribution in [0, 0.1) is 0 Å². The van der Waals surface area contributed by atoms with Crippen molar-refractivity contribution in [1.82, 2.24) is 5.43 Å². The Kier molecular flexibility index (Phi) is 3.44. The normalized spacial score (nSPS) is 12.4. The van der Waals surface area contributed by atoms with Crippen LogP contribution in [0.3, 0.4) is 0 Å². The average molecular weight is 196 g/mol. The van der Waals surface area contributed by atoms with E-state index in [2.05, 4.69) is 5.43 Å². The Labute approximate surface area is 81.1 Å². The molecule has 0 aromatic heterocycles. The summed E-state index contributed by atoms with van der Waals surface area (Å²) in [6.45, 7) is 0. The van der Waals surface area contributed by atoms with Gasteiger partial charge in [-0.1, -0.05) is 12.1 Å². The smallest absolute Gasteiger partial charge is 0.322 e. The maximum atomic E-state index is 10.6. The Balaban J connectivity index is 2.72. The number of nitrogens with one attached hydrogen (secondary N) is 1. The van der Waals surface area contributed by atoms with Gasteiger partial charge in [-0.05, 0) is 24.1 Å². The molecule has 0 unspecified atom stereocenters. The van der Waals surface area contributed by atoms with Crippen LogP contribution in [-0.2, 0) is 11.2 Å². The second-order valence-electron chi connectivity index (χ2n) is 2.93. The number of hydrogen-bond acceptors (Lipinski definition) is 4. The van der Waals surface area contributed by atoms with E-state index in [1.54, 1.807) is 12.1 Å². The standard InChI is InChI=1S/C9H12N2O3/c10-11-8(9(13)14)5-6-2-1-3-7(12)4-6/h1-4,8,11-12H,5,10H2,(H,13,14)/t8-/m0/s1. The minimum Gasteiger partial charge on any atom is -0.508 e. The van der Waals surface area contributed by atoms with Crippen molar-refractivity contribution in [2.75, 3.05) is 0 Å². The van der Waals surface area contributed by atoms with Gasteiger partial charge in [0.2, 0.25) is 0 Å². The lowest BCUT2D eigenvalue weighted by atomic mass is 10.1. The van der Waals surface area contributed by atoms with Gasteiger partial charge in [0.15, 0.2) is 0 Å². The van der Waals surface area contributed by atoms with Gasteiger partial charge in [-0.3, -0.25) is 10.6 Å². The SMILES string of the molecule is NN[C@@H](Cc1cccc(O)c1)C(=O)O. The van der Waals surface area contributed by atoms with Gasteiger partial charge >= 0.3 is 5.97 Å². The fraction of sp³-hybridized carbons (Fsp3) is 0.222. The number of phenols is 1. The molecule has 0 amide bonds. The lowest BCUT2D eigenvalue weighted by Gasteiger charge is -2.10. The van der Waals surface area contributed by atoms with E-state index in [9.17, 15) is 4.79 Å². The van der Waals surface area contributed by atoms with Crippen molar-refractivity contribution in [3.8, 4) is 5.75 Å². The lowest BCUT2D eigenvalue weighted by molar-refractivity contribution is -0.139. The van der Waals surface area contributed by atoms with Gasteiger partial charge in [0, 0.05) is 0 Å². The third kappa shape index (κ3) is 2.72. The van der Waals surface area contributed by atoms with E-state index >= 15 is 0 Å². The molecule has 1 rings (SSSR count). The molecule has 0 heterocycles. The average Bonchev–Trinajstić information content (AvgIpc) is 2.14. The predicted molar refractivity (Wildman–Crippen MR) is 50.6 cm³/mol. The van der Waals surface area contributed by atoms with Crippen molar-refractivity contribution in [2.45, 2.75) is 12.5 Å². The van der Waals surface area contributed by atoms with Crippen LogP contribution in [0.5, 0.6) is 5.75 Å². The number of nitrogens with two attached hydrogens (primary N) is 1. The molecule has 0 bridgehead atoms. The van der Waals surface area contributed by atoms with Crippen LogP contribution in [0.4, 0.5) is 0 Å². The summed E-state index contributed by atoms with van der Waals surface area (Å²) in [6, 6.07) is 5.58. The molecule has 0 saturated heterocycles. The molecule has 5 nitrogen and oxygen atoms in total. The summed E-state index contributed by atoms with van der Waals surface area (Å²) in [6.07, 6.45) is 0.236. The van der Waals surface area contributed by atoms with E-state index in [-0.39, 0.29) is 12.2 Å². The summed E-state index contributed by atoms with van der Waals surface area (Å²) in [5.41, 5.74) is 2.91. The van der Waals surface area contributed by atoms with Crippen LogP contribution in [0.25, 0.3) is 0 Å². The lowest BCUT2D eigenvalue weighted by Crippen LogP contribution is -2.42. The van der Waals surface area contributed by atoms with Gasteiger partial charge in [0.05, 0.1) is 0 Å². The number of aliphatic carboxylic acids is 1. The highest BCUT2D eigenvalue weighted by molar-refractivity contribution is 5.73. The van der Waals surface area contributed by atoms with Crippen LogP contribution in [-0.4, -0.2) is 22.2 Å². The van der Waals surface area contributed by atoms with Crippen molar-refractivity contribution in [2.24, 2.45) is 5.84 Å². The molecular weight excluding hydrogens is 184 g/mol. The highest BCUT2D eigenvalue weighted by Gasteiger charge is 2.15. The first-order valence-electron chi connectivity index (χ1n) is 4.10. The summed E-state index contributed by atoms with van der Waals surface area (Å²) in [7, 11) is 0. The highest BCUT2D eigenvalue weighted by Crippen LogP contribution is 2.12. The van der Waals surface area contributed by atoms with Crippen molar-refractivity contribution < 1.29 is 15.0 Å². The Morgan fingerprint density at radius 2 is 2.29 bits per heavy atom. The molecule has 14 heavy (non-hydrogen) atoms. The first-order valence-corrected chi connectivity index (χ1v) is 4.10. The van der Waals surface area contributed by atoms with E-state index in [1.807, 2.05) is 0 Å². The second kappa shape index (κ2) is 4.59. The Morgan fingerprint density at radius 1 is 1.57 bits per heavy atom. The molecule has 0 spiro atoms. The van der Waals surface area contributed by atoms with Crippen LogP contribution in [0.2, 0.25) is 0 Å². The first-order chi connectivity index (χ1) is 6.63. The van der Waals surface area contributed by atoms with Gasteiger partial charge in [-0.2, -0.15) is 0 Å². The third-order valence-electron chi connectivity index (χ3n) is 1.85. The van der Waals surface area contributed by atoms with E-state index in [0.717, 1.165) is 5.56 Å². The molecule has 1 aromatic carbocycles. The molecule has 0 saturated carbocycles. The molecular formula is C9H12N2O3.